The van der Waals surface area contributed by atoms with Crippen LogP contribution in [0.25, 0.3) is 0 Å². The smallest absolute Gasteiger partial charge is 0.263 e. The summed E-state index contributed by atoms with van der Waals surface area (Å²) in [5.74, 6) is 0.148. The normalized spacial score (nSPS) is 14.6. The highest BCUT2D eigenvalue weighted by molar-refractivity contribution is 7.86. The van der Waals surface area contributed by atoms with Crippen molar-refractivity contribution in [2.24, 2.45) is 11.3 Å². The second-order valence-electron chi connectivity index (χ2n) is 6.91. The molecule has 1 aromatic carbocycles. The highest BCUT2D eigenvalue weighted by atomic mass is 32.2. The lowest BCUT2D eigenvalue weighted by atomic mass is 9.86. The fourth-order valence-electron chi connectivity index (χ4n) is 1.91. The lowest BCUT2D eigenvalue weighted by Gasteiger charge is -2.28. The molecule has 0 spiro atoms. The van der Waals surface area contributed by atoms with E-state index in [2.05, 4.69) is 20.8 Å². The molecule has 0 saturated heterocycles. The molecule has 0 aliphatic rings. The monoisotopic (exact) mass is 298 g/mol. The van der Waals surface area contributed by atoms with Gasteiger partial charge in [-0.05, 0) is 36.8 Å². The van der Waals surface area contributed by atoms with Gasteiger partial charge in [-0.3, -0.25) is 4.18 Å². The molecule has 0 aliphatic carbocycles. The Labute approximate surface area is 123 Å². The number of aryl methyl sites for hydroxylation is 1. The first-order chi connectivity index (χ1) is 9.01. The first kappa shape index (κ1) is 17.2. The Balaban J connectivity index is 2.94. The maximum absolute atomic E-state index is 12.3. The lowest BCUT2D eigenvalue weighted by molar-refractivity contribution is 0.109. The number of hydrogen-bond donors (Lipinski definition) is 0. The van der Waals surface area contributed by atoms with Crippen molar-refractivity contribution in [3.63, 3.8) is 0 Å². The zero-order valence-corrected chi connectivity index (χ0v) is 14.1. The van der Waals surface area contributed by atoms with Gasteiger partial charge in [0, 0.05) is 0 Å². The van der Waals surface area contributed by atoms with Crippen LogP contribution in [-0.4, -0.2) is 14.5 Å². The van der Waals surface area contributed by atoms with Gasteiger partial charge in [0.15, 0.2) is 0 Å². The van der Waals surface area contributed by atoms with E-state index in [1.165, 1.54) is 0 Å². The van der Waals surface area contributed by atoms with Crippen LogP contribution in [0.3, 0.4) is 0 Å². The van der Waals surface area contributed by atoms with E-state index in [1.54, 1.807) is 24.3 Å². The van der Waals surface area contributed by atoms with E-state index in [-0.39, 0.29) is 22.3 Å². The first-order valence-electron chi connectivity index (χ1n) is 7.01. The molecule has 0 N–H and O–H groups in total. The molecule has 114 valence electrons. The minimum absolute atomic E-state index is 0.0255. The van der Waals surface area contributed by atoms with Crippen LogP contribution in [0.4, 0.5) is 0 Å². The summed E-state index contributed by atoms with van der Waals surface area (Å²) in [4.78, 5) is 0.225. The molecule has 1 atom stereocenters. The minimum Gasteiger partial charge on any atom is -0.263 e. The predicted molar refractivity (Wildman–Crippen MR) is 82.1 cm³/mol. The fraction of sp³-hybridized carbons (Fsp3) is 0.625. The largest absolute Gasteiger partial charge is 0.297 e. The molecule has 0 amide bonds. The number of hydrogen-bond acceptors (Lipinski definition) is 3. The highest BCUT2D eigenvalue weighted by Gasteiger charge is 2.28. The molecule has 0 radical (unpaired) electrons. The van der Waals surface area contributed by atoms with E-state index >= 15 is 0 Å². The van der Waals surface area contributed by atoms with Crippen LogP contribution in [0.1, 0.15) is 46.6 Å². The molecule has 1 unspecified atom stereocenters. The van der Waals surface area contributed by atoms with Crippen molar-refractivity contribution in [2.45, 2.75) is 59.0 Å². The van der Waals surface area contributed by atoms with Crippen molar-refractivity contribution in [3.8, 4) is 0 Å². The van der Waals surface area contributed by atoms with E-state index in [0.717, 1.165) is 5.56 Å². The summed E-state index contributed by atoms with van der Waals surface area (Å²) in [6, 6.07) is 6.76. The van der Waals surface area contributed by atoms with Crippen LogP contribution >= 0.6 is 0 Å². The summed E-state index contributed by atoms with van der Waals surface area (Å²) in [5.41, 5.74) is 1.05. The molecule has 0 aliphatic heterocycles. The molecule has 0 aromatic heterocycles. The topological polar surface area (TPSA) is 43.4 Å². The van der Waals surface area contributed by atoms with E-state index in [4.69, 9.17) is 4.18 Å². The number of rotatable bonds is 5. The van der Waals surface area contributed by atoms with Gasteiger partial charge >= 0.3 is 0 Å². The highest BCUT2D eigenvalue weighted by Crippen LogP contribution is 2.28. The third-order valence-electron chi connectivity index (χ3n) is 3.12. The first-order valence-corrected chi connectivity index (χ1v) is 8.42. The average Bonchev–Trinajstić information content (AvgIpc) is 2.26. The van der Waals surface area contributed by atoms with Gasteiger partial charge in [0.1, 0.15) is 0 Å². The summed E-state index contributed by atoms with van der Waals surface area (Å²) in [5, 5.41) is 0. The van der Waals surface area contributed by atoms with Crippen LogP contribution in [0.5, 0.6) is 0 Å². The van der Waals surface area contributed by atoms with Crippen molar-refractivity contribution in [1.82, 2.24) is 0 Å². The van der Waals surface area contributed by atoms with E-state index in [9.17, 15) is 8.42 Å². The summed E-state index contributed by atoms with van der Waals surface area (Å²) in [7, 11) is -3.69. The summed E-state index contributed by atoms with van der Waals surface area (Å²) in [6.45, 7) is 12.2. The molecular weight excluding hydrogens is 272 g/mol. The number of benzene rings is 1. The van der Waals surface area contributed by atoms with Crippen molar-refractivity contribution in [3.05, 3.63) is 29.8 Å². The summed E-state index contributed by atoms with van der Waals surface area (Å²) in [6.07, 6.45) is 0.400. The van der Waals surface area contributed by atoms with Gasteiger partial charge < -0.3 is 0 Å². The SMILES string of the molecule is Cc1ccc(S(=O)(=O)OC(CC(C)(C)C)C(C)C)cc1. The van der Waals surface area contributed by atoms with E-state index in [1.807, 2.05) is 20.8 Å². The van der Waals surface area contributed by atoms with Crippen molar-refractivity contribution < 1.29 is 12.6 Å². The molecule has 1 aromatic rings. The maximum atomic E-state index is 12.3. The fourth-order valence-corrected chi connectivity index (χ4v) is 3.10. The molecule has 20 heavy (non-hydrogen) atoms. The summed E-state index contributed by atoms with van der Waals surface area (Å²) < 4.78 is 30.1. The molecule has 0 bridgehead atoms. The Morgan fingerprint density at radius 1 is 1.10 bits per heavy atom. The van der Waals surface area contributed by atoms with Crippen LogP contribution < -0.4 is 0 Å². The Kier molecular flexibility index (Phi) is 5.39. The van der Waals surface area contributed by atoms with Gasteiger partial charge in [-0.25, -0.2) is 0 Å². The molecule has 4 heteroatoms. The minimum atomic E-state index is -3.69. The third-order valence-corrected chi connectivity index (χ3v) is 4.47. The zero-order chi connectivity index (χ0) is 15.6. The standard InChI is InChI=1S/C16H26O3S/c1-12(2)15(11-16(4,5)6)19-20(17,18)14-9-7-13(3)8-10-14/h7-10,12,15H,11H2,1-6H3. The lowest BCUT2D eigenvalue weighted by Crippen LogP contribution is -2.28. The van der Waals surface area contributed by atoms with Crippen LogP contribution in [0.15, 0.2) is 29.2 Å². The summed E-state index contributed by atoms with van der Waals surface area (Å²) >= 11 is 0. The van der Waals surface area contributed by atoms with Crippen LogP contribution in [0.2, 0.25) is 0 Å². The van der Waals surface area contributed by atoms with Crippen LogP contribution in [0, 0.1) is 18.3 Å². The molecular formula is C16H26O3S. The molecule has 0 saturated carbocycles. The van der Waals surface area contributed by atoms with Gasteiger partial charge in [0.25, 0.3) is 10.1 Å². The predicted octanol–water partition coefficient (Wildman–Crippen LogP) is 4.16. The van der Waals surface area contributed by atoms with Gasteiger partial charge in [0.2, 0.25) is 0 Å². The van der Waals surface area contributed by atoms with Crippen LogP contribution in [-0.2, 0) is 14.3 Å². The maximum Gasteiger partial charge on any atom is 0.297 e. The van der Waals surface area contributed by atoms with Gasteiger partial charge in [0.05, 0.1) is 11.0 Å². The van der Waals surface area contributed by atoms with Crippen molar-refractivity contribution >= 4 is 10.1 Å². The third kappa shape index (κ3) is 5.25. The van der Waals surface area contributed by atoms with Gasteiger partial charge in [-0.15, -0.1) is 0 Å². The molecule has 0 fully saturated rings. The Morgan fingerprint density at radius 2 is 1.60 bits per heavy atom. The van der Waals surface area contributed by atoms with Gasteiger partial charge in [-0.1, -0.05) is 52.3 Å². The second-order valence-corrected chi connectivity index (χ2v) is 8.48. The Bertz CT molecular complexity index is 522. The Morgan fingerprint density at radius 3 is 2.00 bits per heavy atom. The zero-order valence-electron chi connectivity index (χ0n) is 13.3. The van der Waals surface area contributed by atoms with E-state index in [0.29, 0.717) is 6.42 Å². The van der Waals surface area contributed by atoms with E-state index < -0.39 is 10.1 Å². The second kappa shape index (κ2) is 6.27. The van der Waals surface area contributed by atoms with Gasteiger partial charge in [-0.2, -0.15) is 8.42 Å². The molecule has 0 heterocycles. The molecule has 1 rings (SSSR count). The Hall–Kier alpha value is -0.870. The molecule has 3 nitrogen and oxygen atoms in total. The van der Waals surface area contributed by atoms with Crippen molar-refractivity contribution in [2.75, 3.05) is 0 Å². The van der Waals surface area contributed by atoms with Crippen molar-refractivity contribution in [1.29, 1.82) is 0 Å². The average molecular weight is 298 g/mol. The quantitative estimate of drug-likeness (QED) is 0.767.